The van der Waals surface area contributed by atoms with Crippen molar-refractivity contribution in [2.24, 2.45) is 0 Å². The zero-order valence-electron chi connectivity index (χ0n) is 6.91. The third-order valence-electron chi connectivity index (χ3n) is 1.81. The fraction of sp³-hybridized carbons (Fsp3) is 0.714. The van der Waals surface area contributed by atoms with Gasteiger partial charge in [0.1, 0.15) is 6.42 Å². The van der Waals surface area contributed by atoms with Crippen LogP contribution in [0, 0.1) is 0 Å². The number of carbonyl (C=O) groups excluding carboxylic acids is 2. The van der Waals surface area contributed by atoms with Crippen molar-refractivity contribution in [2.75, 3.05) is 20.1 Å². The molecular weight excluding hydrogens is 160 g/mol. The van der Waals surface area contributed by atoms with Crippen LogP contribution in [0.2, 0.25) is 0 Å². The van der Waals surface area contributed by atoms with E-state index in [1.54, 1.807) is 0 Å². The van der Waals surface area contributed by atoms with E-state index in [1.807, 2.05) is 0 Å². The van der Waals surface area contributed by atoms with Crippen molar-refractivity contribution in [2.45, 2.75) is 12.5 Å². The first-order valence-electron chi connectivity index (χ1n) is 3.80. The van der Waals surface area contributed by atoms with E-state index in [0.29, 0.717) is 13.1 Å². The van der Waals surface area contributed by atoms with Gasteiger partial charge in [-0.15, -0.1) is 0 Å². The summed E-state index contributed by atoms with van der Waals surface area (Å²) in [4.78, 5) is 23.3. The lowest BCUT2D eigenvalue weighted by atomic mass is 10.1. The van der Waals surface area contributed by atoms with Crippen LogP contribution in [0.3, 0.4) is 0 Å². The average Bonchev–Trinajstić information content (AvgIpc) is 1.98. The summed E-state index contributed by atoms with van der Waals surface area (Å²) < 4.78 is 0. The summed E-state index contributed by atoms with van der Waals surface area (Å²) in [5, 5.41) is 11.2. The zero-order chi connectivity index (χ0) is 9.14. The number of aliphatic hydroxyl groups is 1. The fourth-order valence-corrected chi connectivity index (χ4v) is 0.996. The topological polar surface area (TPSA) is 69.6 Å². The molecule has 0 aliphatic carbocycles. The Morgan fingerprint density at radius 1 is 1.58 bits per heavy atom. The van der Waals surface area contributed by atoms with Gasteiger partial charge < -0.3 is 15.3 Å². The normalized spacial score (nSPS) is 17.0. The van der Waals surface area contributed by atoms with Gasteiger partial charge in [-0.2, -0.15) is 0 Å². The Hall–Kier alpha value is -1.10. The van der Waals surface area contributed by atoms with Crippen LogP contribution in [0.4, 0.5) is 0 Å². The van der Waals surface area contributed by atoms with Crippen molar-refractivity contribution in [3.8, 4) is 0 Å². The Bertz CT molecular complexity index is 199. The predicted octanol–water partition coefficient (Wildman–Crippen LogP) is -1.67. The van der Waals surface area contributed by atoms with Crippen LogP contribution in [0.15, 0.2) is 0 Å². The Morgan fingerprint density at radius 3 is 2.58 bits per heavy atom. The van der Waals surface area contributed by atoms with Crippen molar-refractivity contribution >= 4 is 11.8 Å². The van der Waals surface area contributed by atoms with Gasteiger partial charge in [0.2, 0.25) is 11.8 Å². The Balaban J connectivity index is 2.25. The highest BCUT2D eigenvalue weighted by atomic mass is 16.3. The first-order chi connectivity index (χ1) is 5.63. The summed E-state index contributed by atoms with van der Waals surface area (Å²) in [5.41, 5.74) is 0. The highest BCUT2D eigenvalue weighted by molar-refractivity contribution is 5.97. The van der Waals surface area contributed by atoms with Gasteiger partial charge in [0.25, 0.3) is 0 Å². The SMILES string of the molecule is CNC(=O)CC(=O)N1CC(O)C1. The standard InChI is InChI=1S/C7H12N2O3/c1-8-6(11)2-7(12)9-3-5(10)4-9/h5,10H,2-4H2,1H3,(H,8,11). The molecule has 1 rings (SSSR count). The quantitative estimate of drug-likeness (QED) is 0.489. The number of amides is 2. The van der Waals surface area contributed by atoms with Crippen LogP contribution in [-0.2, 0) is 9.59 Å². The maximum atomic E-state index is 11.1. The highest BCUT2D eigenvalue weighted by Crippen LogP contribution is 2.08. The molecule has 0 bridgehead atoms. The first-order valence-corrected chi connectivity index (χ1v) is 3.80. The molecule has 1 fully saturated rings. The van der Waals surface area contributed by atoms with Gasteiger partial charge in [-0.3, -0.25) is 9.59 Å². The van der Waals surface area contributed by atoms with Crippen molar-refractivity contribution in [3.63, 3.8) is 0 Å². The third kappa shape index (κ3) is 1.94. The molecule has 0 radical (unpaired) electrons. The minimum atomic E-state index is -0.404. The largest absolute Gasteiger partial charge is 0.389 e. The van der Waals surface area contributed by atoms with Gasteiger partial charge in [0.05, 0.1) is 6.10 Å². The fourth-order valence-electron chi connectivity index (χ4n) is 0.996. The molecule has 68 valence electrons. The maximum absolute atomic E-state index is 11.1. The Morgan fingerprint density at radius 2 is 2.17 bits per heavy atom. The van der Waals surface area contributed by atoms with Crippen LogP contribution < -0.4 is 5.32 Å². The average molecular weight is 172 g/mol. The number of carbonyl (C=O) groups is 2. The van der Waals surface area contributed by atoms with E-state index in [2.05, 4.69) is 5.32 Å². The van der Waals surface area contributed by atoms with E-state index < -0.39 is 6.10 Å². The first kappa shape index (κ1) is 8.99. The molecule has 0 aromatic heterocycles. The molecule has 5 nitrogen and oxygen atoms in total. The van der Waals surface area contributed by atoms with Crippen molar-refractivity contribution < 1.29 is 14.7 Å². The Labute approximate surface area is 70.4 Å². The van der Waals surface area contributed by atoms with E-state index in [9.17, 15) is 9.59 Å². The molecule has 0 spiro atoms. The number of rotatable bonds is 2. The maximum Gasteiger partial charge on any atom is 0.232 e. The summed E-state index contributed by atoms with van der Waals surface area (Å²) in [6, 6.07) is 0. The molecule has 1 saturated heterocycles. The lowest BCUT2D eigenvalue weighted by Crippen LogP contribution is -2.54. The molecule has 1 aliphatic heterocycles. The van der Waals surface area contributed by atoms with Crippen LogP contribution >= 0.6 is 0 Å². The van der Waals surface area contributed by atoms with E-state index in [-0.39, 0.29) is 18.2 Å². The summed E-state index contributed by atoms with van der Waals surface area (Å²) in [6.07, 6.45) is -0.526. The lowest BCUT2D eigenvalue weighted by Gasteiger charge is -2.35. The smallest absolute Gasteiger partial charge is 0.232 e. The monoisotopic (exact) mass is 172 g/mol. The van der Waals surface area contributed by atoms with Gasteiger partial charge in [0, 0.05) is 20.1 Å². The molecule has 12 heavy (non-hydrogen) atoms. The number of nitrogens with one attached hydrogen (secondary N) is 1. The third-order valence-corrected chi connectivity index (χ3v) is 1.81. The van der Waals surface area contributed by atoms with E-state index in [4.69, 9.17) is 5.11 Å². The molecule has 1 aliphatic rings. The second-order valence-electron chi connectivity index (χ2n) is 2.80. The van der Waals surface area contributed by atoms with Crippen molar-refractivity contribution in [1.82, 2.24) is 10.2 Å². The van der Waals surface area contributed by atoms with Crippen LogP contribution in [-0.4, -0.2) is 48.1 Å². The molecule has 0 saturated carbocycles. The number of hydrogen-bond donors (Lipinski definition) is 2. The molecule has 0 atom stereocenters. The second-order valence-corrected chi connectivity index (χ2v) is 2.80. The number of nitrogens with zero attached hydrogens (tertiary/aromatic N) is 1. The Kier molecular flexibility index (Phi) is 2.65. The number of likely N-dealkylation sites (tertiary alicyclic amines) is 1. The minimum Gasteiger partial charge on any atom is -0.389 e. The molecule has 2 N–H and O–H groups in total. The molecule has 0 aromatic carbocycles. The number of hydrogen-bond acceptors (Lipinski definition) is 3. The van der Waals surface area contributed by atoms with Gasteiger partial charge in [0.15, 0.2) is 0 Å². The van der Waals surface area contributed by atoms with E-state index in [1.165, 1.54) is 11.9 Å². The van der Waals surface area contributed by atoms with Crippen LogP contribution in [0.25, 0.3) is 0 Å². The number of β-amino-alcohol motifs (C(OH)–C–C–N with tert-alkyl or cyclic N) is 1. The summed E-state index contributed by atoms with van der Waals surface area (Å²) in [5.74, 6) is -0.513. The summed E-state index contributed by atoms with van der Waals surface area (Å²) in [6.45, 7) is 0.714. The molecule has 1 heterocycles. The zero-order valence-corrected chi connectivity index (χ0v) is 6.91. The molecule has 5 heteroatoms. The van der Waals surface area contributed by atoms with Gasteiger partial charge in [-0.1, -0.05) is 0 Å². The van der Waals surface area contributed by atoms with Gasteiger partial charge in [-0.25, -0.2) is 0 Å². The predicted molar refractivity (Wildman–Crippen MR) is 41.3 cm³/mol. The molecular formula is C7H12N2O3. The van der Waals surface area contributed by atoms with Gasteiger partial charge >= 0.3 is 0 Å². The number of aliphatic hydroxyl groups excluding tert-OH is 1. The van der Waals surface area contributed by atoms with Crippen LogP contribution in [0.5, 0.6) is 0 Å². The van der Waals surface area contributed by atoms with E-state index >= 15 is 0 Å². The van der Waals surface area contributed by atoms with Crippen molar-refractivity contribution in [3.05, 3.63) is 0 Å². The molecule has 0 aromatic rings. The van der Waals surface area contributed by atoms with Gasteiger partial charge in [-0.05, 0) is 0 Å². The molecule has 0 unspecified atom stereocenters. The minimum absolute atomic E-state index is 0.122. The lowest BCUT2D eigenvalue weighted by molar-refractivity contribution is -0.144. The summed E-state index contributed by atoms with van der Waals surface area (Å²) in [7, 11) is 1.49. The summed E-state index contributed by atoms with van der Waals surface area (Å²) >= 11 is 0. The van der Waals surface area contributed by atoms with Crippen molar-refractivity contribution in [1.29, 1.82) is 0 Å². The highest BCUT2D eigenvalue weighted by Gasteiger charge is 2.29. The molecule has 2 amide bonds. The van der Waals surface area contributed by atoms with E-state index in [0.717, 1.165) is 0 Å². The second kappa shape index (κ2) is 3.53. The van der Waals surface area contributed by atoms with Crippen LogP contribution in [0.1, 0.15) is 6.42 Å².